The maximum atomic E-state index is 13.6. The number of quaternary nitrogens is 1. The van der Waals surface area contributed by atoms with Gasteiger partial charge in [0.2, 0.25) is 5.91 Å². The van der Waals surface area contributed by atoms with Crippen LogP contribution in [0.15, 0.2) is 41.9 Å². The zero-order chi connectivity index (χ0) is 24.8. The zero-order valence-corrected chi connectivity index (χ0v) is 21.6. The van der Waals surface area contributed by atoms with Crippen LogP contribution < -0.4 is 5.73 Å². The van der Waals surface area contributed by atoms with Crippen LogP contribution in [0.5, 0.6) is 0 Å². The number of fused-ring (bicyclic) bond motifs is 6. The molecule has 2 N–H and O–H groups in total. The van der Waals surface area contributed by atoms with Crippen molar-refractivity contribution in [2.24, 2.45) is 40.2 Å². The van der Waals surface area contributed by atoms with Crippen LogP contribution in [0, 0.1) is 34.5 Å². The van der Waals surface area contributed by atoms with E-state index in [0.29, 0.717) is 41.1 Å². The second-order valence-electron chi connectivity index (χ2n) is 12.6. The molecule has 1 unspecified atom stereocenters. The second-order valence-corrected chi connectivity index (χ2v) is 12.6. The number of hydrogen-bond donors (Lipinski definition) is 1. The normalized spacial score (nSPS) is 41.0. The minimum absolute atomic E-state index is 0.000951. The number of carbonyl (C=O) groups is 2. The van der Waals surface area contributed by atoms with Crippen molar-refractivity contribution in [2.45, 2.75) is 72.3 Å². The number of hydrogen-bond acceptors (Lipinski definition) is 3. The lowest BCUT2D eigenvalue weighted by atomic mass is 9.48. The summed E-state index contributed by atoms with van der Waals surface area (Å²) in [4.78, 5) is 30.8. The molecule has 2 amide bonds. The second kappa shape index (κ2) is 7.52. The Labute approximate surface area is 208 Å². The fraction of sp³-hybridized carbons (Fsp3) is 0.621. The van der Waals surface area contributed by atoms with E-state index in [0.717, 1.165) is 49.9 Å². The predicted octanol–water partition coefficient (Wildman–Crippen LogP) is 4.83. The molecule has 3 fully saturated rings. The molecule has 3 heterocycles. The molecule has 7 atom stereocenters. The number of carbonyl (C=O) groups excluding carboxylic acids is 2. The summed E-state index contributed by atoms with van der Waals surface area (Å²) >= 11 is 0. The standard InChI is InChI=1S/C29H38N4O2/c1-18-15-20-21-8-9-23(27(30)35)28(21,2)12-10-22(20)29(3)13-11-25(34)33(4,26(18)29)17-19-16-32-14-6-5-7-24(32)31-19/h5-7,14,16,20-23H,8-13,15,17H2,1-4H3,(H-,30,35)/p+1/t20-,21-,22-,23+,28-,29+,33?/m0/s1. The Morgan fingerprint density at radius 2 is 2.00 bits per heavy atom. The van der Waals surface area contributed by atoms with Gasteiger partial charge in [0.1, 0.15) is 23.6 Å². The average molecular weight is 476 g/mol. The molecule has 2 aromatic rings. The molecular formula is C29H39N4O2+. The highest BCUT2D eigenvalue weighted by Crippen LogP contribution is 2.67. The number of primary amides is 1. The highest BCUT2D eigenvalue weighted by atomic mass is 16.2. The predicted molar refractivity (Wildman–Crippen MR) is 134 cm³/mol. The largest absolute Gasteiger partial charge is 0.369 e. The lowest BCUT2D eigenvalue weighted by Crippen LogP contribution is -2.61. The van der Waals surface area contributed by atoms with Gasteiger partial charge in [0.25, 0.3) is 0 Å². The molecule has 1 aliphatic heterocycles. The first-order chi connectivity index (χ1) is 16.6. The lowest BCUT2D eigenvalue weighted by Gasteiger charge is -2.59. The number of nitrogens with two attached hydrogens (primary N) is 1. The van der Waals surface area contributed by atoms with E-state index >= 15 is 0 Å². The number of likely N-dealkylation sites (tertiary alicyclic amines) is 1. The van der Waals surface area contributed by atoms with Crippen LogP contribution in [0.1, 0.15) is 71.4 Å². The van der Waals surface area contributed by atoms with Crippen molar-refractivity contribution in [1.29, 1.82) is 0 Å². The number of allylic oxidation sites excluding steroid dienone is 2. The Kier molecular flexibility index (Phi) is 4.93. The topological polar surface area (TPSA) is 77.5 Å². The number of piperidine rings is 1. The molecule has 4 aliphatic rings. The molecule has 6 rings (SSSR count). The van der Waals surface area contributed by atoms with Gasteiger partial charge in [0, 0.05) is 23.7 Å². The van der Waals surface area contributed by atoms with Crippen molar-refractivity contribution in [1.82, 2.24) is 9.38 Å². The first-order valence-corrected chi connectivity index (χ1v) is 13.4. The molecular weight excluding hydrogens is 436 g/mol. The Morgan fingerprint density at radius 3 is 2.74 bits per heavy atom. The molecule has 2 aromatic heterocycles. The van der Waals surface area contributed by atoms with Crippen molar-refractivity contribution < 1.29 is 14.1 Å². The van der Waals surface area contributed by atoms with Gasteiger partial charge in [-0.05, 0) is 86.3 Å². The molecule has 6 nitrogen and oxygen atoms in total. The number of nitrogens with zero attached hydrogens (tertiary/aromatic N) is 3. The summed E-state index contributed by atoms with van der Waals surface area (Å²) in [6, 6.07) is 6.03. The van der Waals surface area contributed by atoms with E-state index < -0.39 is 0 Å². The van der Waals surface area contributed by atoms with Crippen molar-refractivity contribution >= 4 is 17.5 Å². The van der Waals surface area contributed by atoms with Crippen LogP contribution in [0.25, 0.3) is 5.65 Å². The lowest BCUT2D eigenvalue weighted by molar-refractivity contribution is -0.822. The summed E-state index contributed by atoms with van der Waals surface area (Å²) in [5.74, 6) is 1.88. The highest BCUT2D eigenvalue weighted by Gasteiger charge is 2.64. The molecule has 0 spiro atoms. The van der Waals surface area contributed by atoms with E-state index in [1.54, 1.807) is 0 Å². The van der Waals surface area contributed by atoms with Crippen molar-refractivity contribution in [3.05, 3.63) is 47.6 Å². The van der Waals surface area contributed by atoms with Gasteiger partial charge in [-0.3, -0.25) is 4.79 Å². The van der Waals surface area contributed by atoms with E-state index in [4.69, 9.17) is 10.7 Å². The fourth-order valence-corrected chi connectivity index (χ4v) is 9.53. The molecule has 0 aromatic carbocycles. The number of rotatable bonds is 3. The molecule has 3 aliphatic carbocycles. The minimum Gasteiger partial charge on any atom is -0.369 e. The average Bonchev–Trinajstić information content (AvgIpc) is 3.36. The van der Waals surface area contributed by atoms with E-state index in [2.05, 4.69) is 34.0 Å². The summed E-state index contributed by atoms with van der Waals surface area (Å²) in [5.41, 5.74) is 10.5. The number of imidazole rings is 1. The van der Waals surface area contributed by atoms with Gasteiger partial charge >= 0.3 is 5.91 Å². The van der Waals surface area contributed by atoms with Crippen molar-refractivity contribution in [3.63, 3.8) is 0 Å². The van der Waals surface area contributed by atoms with Gasteiger partial charge < -0.3 is 10.1 Å². The van der Waals surface area contributed by atoms with Crippen LogP contribution in [-0.4, -0.2) is 32.7 Å². The van der Waals surface area contributed by atoms with Crippen LogP contribution in [0.2, 0.25) is 0 Å². The van der Waals surface area contributed by atoms with E-state index in [1.165, 1.54) is 11.3 Å². The molecule has 1 saturated heterocycles. The third-order valence-corrected chi connectivity index (χ3v) is 10.9. The summed E-state index contributed by atoms with van der Waals surface area (Å²) in [7, 11) is 2.13. The van der Waals surface area contributed by atoms with Crippen LogP contribution in [-0.2, 0) is 16.1 Å². The van der Waals surface area contributed by atoms with Gasteiger partial charge in [-0.25, -0.2) is 14.3 Å². The smallest absolute Gasteiger partial charge is 0.318 e. The van der Waals surface area contributed by atoms with E-state index in [1.807, 2.05) is 28.8 Å². The third-order valence-electron chi connectivity index (χ3n) is 10.9. The van der Waals surface area contributed by atoms with E-state index in [9.17, 15) is 9.59 Å². The summed E-state index contributed by atoms with van der Waals surface area (Å²) < 4.78 is 2.39. The fourth-order valence-electron chi connectivity index (χ4n) is 9.53. The summed E-state index contributed by atoms with van der Waals surface area (Å²) in [5, 5.41) is 0. The van der Waals surface area contributed by atoms with Crippen molar-refractivity contribution in [2.75, 3.05) is 7.05 Å². The van der Waals surface area contributed by atoms with Crippen LogP contribution >= 0.6 is 0 Å². The zero-order valence-electron chi connectivity index (χ0n) is 21.6. The first kappa shape index (κ1) is 23.0. The number of amides is 2. The number of pyridine rings is 1. The molecule has 2 saturated carbocycles. The van der Waals surface area contributed by atoms with Gasteiger partial charge in [-0.15, -0.1) is 0 Å². The molecule has 6 heteroatoms. The van der Waals surface area contributed by atoms with Crippen LogP contribution in [0.3, 0.4) is 0 Å². The van der Waals surface area contributed by atoms with Gasteiger partial charge in [-0.2, -0.15) is 0 Å². The summed E-state index contributed by atoms with van der Waals surface area (Å²) in [6.45, 7) is 7.65. The molecule has 186 valence electrons. The van der Waals surface area contributed by atoms with Crippen LogP contribution in [0.4, 0.5) is 0 Å². The Hall–Kier alpha value is -2.47. The van der Waals surface area contributed by atoms with Crippen molar-refractivity contribution in [3.8, 4) is 0 Å². The SMILES string of the molecule is CC1=C2[C@](C)(CCC(=O)[N+]2(C)Cc2cn3ccccc3n2)[C@H]2CC[C@]3(C)[C@@H](C(N)=O)CC[C@H]3[C@@H]2C1. The van der Waals surface area contributed by atoms with Gasteiger partial charge in [-0.1, -0.05) is 19.9 Å². The maximum Gasteiger partial charge on any atom is 0.318 e. The quantitative estimate of drug-likeness (QED) is 0.646. The minimum atomic E-state index is -0.108. The first-order valence-electron chi connectivity index (χ1n) is 13.4. The van der Waals surface area contributed by atoms with Gasteiger partial charge in [0.15, 0.2) is 0 Å². The van der Waals surface area contributed by atoms with Gasteiger partial charge in [0.05, 0.1) is 13.5 Å². The maximum absolute atomic E-state index is 13.6. The monoisotopic (exact) mass is 475 g/mol. The Morgan fingerprint density at radius 1 is 1.20 bits per heavy atom. The molecule has 0 radical (unpaired) electrons. The third kappa shape index (κ3) is 3.08. The number of aromatic nitrogens is 2. The summed E-state index contributed by atoms with van der Waals surface area (Å²) in [6.07, 6.45) is 10.9. The molecule has 0 bridgehead atoms. The van der Waals surface area contributed by atoms with E-state index in [-0.39, 0.29) is 22.7 Å². The molecule has 35 heavy (non-hydrogen) atoms. The Balaban J connectivity index is 1.40. The Bertz CT molecular complexity index is 1230. The highest BCUT2D eigenvalue weighted by molar-refractivity contribution is 5.78.